The predicted octanol–water partition coefficient (Wildman–Crippen LogP) is 2.99. The minimum absolute atomic E-state index is 0.151. The predicted molar refractivity (Wildman–Crippen MR) is 69.0 cm³/mol. The summed E-state index contributed by atoms with van der Waals surface area (Å²) in [6.07, 6.45) is 5.91. The van der Waals surface area contributed by atoms with E-state index in [1.54, 1.807) is 0 Å². The van der Waals surface area contributed by atoms with E-state index in [-0.39, 0.29) is 11.6 Å². The lowest BCUT2D eigenvalue weighted by molar-refractivity contribution is 0.227. The third-order valence-electron chi connectivity index (χ3n) is 3.34. The van der Waals surface area contributed by atoms with E-state index < -0.39 is 0 Å². The van der Waals surface area contributed by atoms with Crippen LogP contribution in [0.4, 0.5) is 0 Å². The molecule has 0 bridgehead atoms. The third kappa shape index (κ3) is 2.97. The van der Waals surface area contributed by atoms with Crippen molar-refractivity contribution in [1.82, 2.24) is 4.98 Å². The minimum Gasteiger partial charge on any atom is -0.475 e. The molecule has 0 unspecified atom stereocenters. The largest absolute Gasteiger partial charge is 0.475 e. The minimum atomic E-state index is -0.241. The zero-order chi connectivity index (χ0) is 12.3. The van der Waals surface area contributed by atoms with E-state index in [1.165, 1.54) is 19.3 Å². The summed E-state index contributed by atoms with van der Waals surface area (Å²) in [5.41, 5.74) is 7.20. The van der Waals surface area contributed by atoms with E-state index in [1.807, 2.05) is 32.0 Å². The molecule has 1 fully saturated rings. The highest BCUT2D eigenvalue weighted by Gasteiger charge is 2.30. The maximum Gasteiger partial charge on any atom is 0.213 e. The molecule has 1 aromatic heterocycles. The second-order valence-corrected chi connectivity index (χ2v) is 5.24. The van der Waals surface area contributed by atoms with Gasteiger partial charge in [-0.05, 0) is 32.8 Å². The lowest BCUT2D eigenvalue weighted by Gasteiger charge is -2.33. The van der Waals surface area contributed by atoms with Crippen LogP contribution in [0.2, 0.25) is 0 Å². The summed E-state index contributed by atoms with van der Waals surface area (Å²) in [6, 6.07) is 5.91. The highest BCUT2D eigenvalue weighted by atomic mass is 16.5. The van der Waals surface area contributed by atoms with Gasteiger partial charge in [0.25, 0.3) is 0 Å². The first-order valence-electron chi connectivity index (χ1n) is 6.53. The van der Waals surface area contributed by atoms with E-state index >= 15 is 0 Å². The molecule has 2 rings (SSSR count). The normalized spacial score (nSPS) is 19.3. The van der Waals surface area contributed by atoms with Gasteiger partial charge in [-0.1, -0.05) is 25.3 Å². The fourth-order valence-corrected chi connectivity index (χ4v) is 2.44. The summed E-state index contributed by atoms with van der Waals surface area (Å²) >= 11 is 0. The molecule has 1 aliphatic carbocycles. The summed E-state index contributed by atoms with van der Waals surface area (Å²) in [7, 11) is 0. The van der Waals surface area contributed by atoms with Gasteiger partial charge in [-0.25, -0.2) is 4.98 Å². The molecule has 0 saturated heterocycles. The van der Waals surface area contributed by atoms with E-state index in [4.69, 9.17) is 10.5 Å². The Morgan fingerprint density at radius 2 is 1.94 bits per heavy atom. The first-order valence-corrected chi connectivity index (χ1v) is 6.53. The fourth-order valence-electron chi connectivity index (χ4n) is 2.44. The highest BCUT2D eigenvalue weighted by Crippen LogP contribution is 2.34. The number of rotatable bonds is 3. The van der Waals surface area contributed by atoms with Crippen molar-refractivity contribution in [3.8, 4) is 5.88 Å². The maximum atomic E-state index is 6.46. The number of nitrogens with two attached hydrogens (primary N) is 1. The van der Waals surface area contributed by atoms with Gasteiger partial charge >= 0.3 is 0 Å². The number of nitrogens with zero attached hydrogens (tertiary/aromatic N) is 1. The van der Waals surface area contributed by atoms with Crippen LogP contribution in [0.25, 0.3) is 0 Å². The molecule has 0 radical (unpaired) electrons. The van der Waals surface area contributed by atoms with Gasteiger partial charge in [0.1, 0.15) is 0 Å². The summed E-state index contributed by atoms with van der Waals surface area (Å²) in [6.45, 7) is 4.01. The van der Waals surface area contributed by atoms with Crippen molar-refractivity contribution in [3.05, 3.63) is 23.9 Å². The molecular formula is C14H22N2O. The van der Waals surface area contributed by atoms with Crippen molar-refractivity contribution >= 4 is 0 Å². The molecule has 0 aliphatic heterocycles. The summed E-state index contributed by atoms with van der Waals surface area (Å²) in [5.74, 6) is 0.688. The second-order valence-electron chi connectivity index (χ2n) is 5.24. The number of aromatic nitrogens is 1. The SMILES string of the molecule is CC(C)Oc1cccc(C2(N)CCCCC2)n1. The van der Waals surface area contributed by atoms with Crippen molar-refractivity contribution in [2.45, 2.75) is 57.6 Å². The van der Waals surface area contributed by atoms with Crippen LogP contribution in [0.3, 0.4) is 0 Å². The van der Waals surface area contributed by atoms with Gasteiger partial charge < -0.3 is 10.5 Å². The standard InChI is InChI=1S/C14H22N2O/c1-11(2)17-13-8-6-7-12(16-13)14(15)9-4-3-5-10-14/h6-8,11H,3-5,9-10,15H2,1-2H3. The van der Waals surface area contributed by atoms with Crippen molar-refractivity contribution in [1.29, 1.82) is 0 Å². The smallest absolute Gasteiger partial charge is 0.213 e. The first kappa shape index (κ1) is 12.4. The molecule has 0 aromatic carbocycles. The molecule has 3 nitrogen and oxygen atoms in total. The van der Waals surface area contributed by atoms with Crippen LogP contribution in [0.15, 0.2) is 18.2 Å². The number of hydrogen-bond donors (Lipinski definition) is 1. The number of ether oxygens (including phenoxy) is 1. The Morgan fingerprint density at radius 3 is 2.59 bits per heavy atom. The van der Waals surface area contributed by atoms with Crippen LogP contribution in [0.1, 0.15) is 51.6 Å². The van der Waals surface area contributed by atoms with Gasteiger partial charge in [0.2, 0.25) is 5.88 Å². The second kappa shape index (κ2) is 5.05. The number of pyridine rings is 1. The van der Waals surface area contributed by atoms with E-state index in [9.17, 15) is 0 Å². The molecule has 1 saturated carbocycles. The summed E-state index contributed by atoms with van der Waals surface area (Å²) < 4.78 is 5.62. The van der Waals surface area contributed by atoms with Crippen LogP contribution in [-0.4, -0.2) is 11.1 Å². The van der Waals surface area contributed by atoms with Gasteiger partial charge in [0, 0.05) is 6.07 Å². The van der Waals surface area contributed by atoms with Crippen LogP contribution in [-0.2, 0) is 5.54 Å². The van der Waals surface area contributed by atoms with Crippen molar-refractivity contribution < 1.29 is 4.74 Å². The lowest BCUT2D eigenvalue weighted by Crippen LogP contribution is -2.39. The van der Waals surface area contributed by atoms with Crippen LogP contribution in [0.5, 0.6) is 5.88 Å². The van der Waals surface area contributed by atoms with Gasteiger partial charge in [-0.15, -0.1) is 0 Å². The first-order chi connectivity index (χ1) is 8.10. The van der Waals surface area contributed by atoms with Crippen molar-refractivity contribution in [3.63, 3.8) is 0 Å². The van der Waals surface area contributed by atoms with E-state index in [0.717, 1.165) is 18.5 Å². The molecule has 1 heterocycles. The Balaban J connectivity index is 2.19. The quantitative estimate of drug-likeness (QED) is 0.874. The van der Waals surface area contributed by atoms with Crippen molar-refractivity contribution in [2.24, 2.45) is 5.73 Å². The Hall–Kier alpha value is -1.09. The fraction of sp³-hybridized carbons (Fsp3) is 0.643. The molecular weight excluding hydrogens is 212 g/mol. The maximum absolute atomic E-state index is 6.46. The average Bonchev–Trinajstić information content (AvgIpc) is 2.29. The Labute approximate surface area is 103 Å². The highest BCUT2D eigenvalue weighted by molar-refractivity contribution is 5.22. The van der Waals surface area contributed by atoms with Crippen molar-refractivity contribution in [2.75, 3.05) is 0 Å². The monoisotopic (exact) mass is 234 g/mol. The van der Waals surface area contributed by atoms with E-state index in [0.29, 0.717) is 5.88 Å². The Morgan fingerprint density at radius 1 is 1.24 bits per heavy atom. The Bertz CT molecular complexity index is 370. The molecule has 3 heteroatoms. The van der Waals surface area contributed by atoms with Gasteiger partial charge in [0.05, 0.1) is 17.3 Å². The molecule has 0 atom stereocenters. The van der Waals surface area contributed by atoms with E-state index in [2.05, 4.69) is 4.98 Å². The third-order valence-corrected chi connectivity index (χ3v) is 3.34. The molecule has 94 valence electrons. The molecule has 0 spiro atoms. The molecule has 0 amide bonds. The van der Waals surface area contributed by atoms with Crippen LogP contribution >= 0.6 is 0 Å². The summed E-state index contributed by atoms with van der Waals surface area (Å²) in [5, 5.41) is 0. The van der Waals surface area contributed by atoms with Gasteiger partial charge in [-0.3, -0.25) is 0 Å². The molecule has 17 heavy (non-hydrogen) atoms. The molecule has 2 N–H and O–H groups in total. The molecule has 1 aromatic rings. The molecule has 1 aliphatic rings. The van der Waals surface area contributed by atoms with Crippen LogP contribution in [0, 0.1) is 0 Å². The van der Waals surface area contributed by atoms with Gasteiger partial charge in [0.15, 0.2) is 0 Å². The Kier molecular flexibility index (Phi) is 3.67. The van der Waals surface area contributed by atoms with Crippen LogP contribution < -0.4 is 10.5 Å². The topological polar surface area (TPSA) is 48.1 Å². The van der Waals surface area contributed by atoms with Gasteiger partial charge in [-0.2, -0.15) is 0 Å². The number of hydrogen-bond acceptors (Lipinski definition) is 3. The zero-order valence-corrected chi connectivity index (χ0v) is 10.8. The summed E-state index contributed by atoms with van der Waals surface area (Å²) in [4.78, 5) is 4.56. The lowest BCUT2D eigenvalue weighted by atomic mass is 9.80. The zero-order valence-electron chi connectivity index (χ0n) is 10.8. The average molecular weight is 234 g/mol.